The zero-order valence-electron chi connectivity index (χ0n) is 11.4. The van der Waals surface area contributed by atoms with Crippen molar-refractivity contribution in [3.05, 3.63) is 29.8 Å². The third-order valence-corrected chi connectivity index (χ3v) is 2.85. The second kappa shape index (κ2) is 6.23. The molecule has 0 radical (unpaired) electrons. The molecular formula is C14H20BrNO2. The van der Waals surface area contributed by atoms with Gasteiger partial charge < -0.3 is 9.64 Å². The summed E-state index contributed by atoms with van der Waals surface area (Å²) in [4.78, 5) is 13.7. The second-order valence-corrected chi connectivity index (χ2v) is 6.69. The summed E-state index contributed by atoms with van der Waals surface area (Å²) >= 11 is 3.38. The van der Waals surface area contributed by atoms with Crippen molar-refractivity contribution in [2.24, 2.45) is 0 Å². The SMILES string of the molecule is CCOc1ccc(CN(C)C(=O)C(C)(C)Br)cc1. The van der Waals surface area contributed by atoms with E-state index < -0.39 is 4.32 Å². The molecule has 0 saturated carbocycles. The fourth-order valence-corrected chi connectivity index (χ4v) is 1.96. The Hall–Kier alpha value is -1.03. The number of benzene rings is 1. The van der Waals surface area contributed by atoms with Gasteiger partial charge in [-0.1, -0.05) is 28.1 Å². The van der Waals surface area contributed by atoms with E-state index in [0.29, 0.717) is 13.2 Å². The zero-order chi connectivity index (χ0) is 13.8. The summed E-state index contributed by atoms with van der Waals surface area (Å²) in [7, 11) is 1.81. The van der Waals surface area contributed by atoms with Crippen LogP contribution in [0.5, 0.6) is 5.75 Å². The number of alkyl halides is 1. The predicted octanol–water partition coefficient (Wildman–Crippen LogP) is 3.22. The first kappa shape index (κ1) is 15.0. The maximum Gasteiger partial charge on any atom is 0.238 e. The number of carbonyl (C=O) groups is 1. The molecular weight excluding hydrogens is 294 g/mol. The molecule has 0 N–H and O–H groups in total. The van der Waals surface area contributed by atoms with Gasteiger partial charge in [0.05, 0.1) is 10.9 Å². The Morgan fingerprint density at radius 3 is 2.33 bits per heavy atom. The lowest BCUT2D eigenvalue weighted by Crippen LogP contribution is -2.38. The van der Waals surface area contributed by atoms with Gasteiger partial charge in [0.25, 0.3) is 0 Å². The standard InChI is InChI=1S/C14H20BrNO2/c1-5-18-12-8-6-11(7-9-12)10-16(4)13(17)14(2,3)15/h6-9H,5,10H2,1-4H3. The Morgan fingerprint density at radius 2 is 1.89 bits per heavy atom. The zero-order valence-corrected chi connectivity index (χ0v) is 13.0. The minimum atomic E-state index is -0.521. The fourth-order valence-electron chi connectivity index (χ4n) is 1.66. The highest BCUT2D eigenvalue weighted by atomic mass is 79.9. The summed E-state index contributed by atoms with van der Waals surface area (Å²) in [6.07, 6.45) is 0. The van der Waals surface area contributed by atoms with Gasteiger partial charge in [-0.25, -0.2) is 0 Å². The summed E-state index contributed by atoms with van der Waals surface area (Å²) in [6.45, 7) is 6.92. The topological polar surface area (TPSA) is 29.5 Å². The summed E-state index contributed by atoms with van der Waals surface area (Å²) in [5.74, 6) is 0.924. The molecule has 0 atom stereocenters. The normalized spacial score (nSPS) is 11.2. The van der Waals surface area contributed by atoms with Gasteiger partial charge in [-0.05, 0) is 38.5 Å². The second-order valence-electron chi connectivity index (χ2n) is 4.71. The first-order valence-corrected chi connectivity index (χ1v) is 6.80. The Bertz CT molecular complexity index is 395. The van der Waals surface area contributed by atoms with Crippen LogP contribution in [0.3, 0.4) is 0 Å². The van der Waals surface area contributed by atoms with Crippen molar-refractivity contribution < 1.29 is 9.53 Å². The number of rotatable bonds is 5. The third-order valence-electron chi connectivity index (χ3n) is 2.51. The van der Waals surface area contributed by atoms with Crippen LogP contribution in [0.15, 0.2) is 24.3 Å². The molecule has 100 valence electrons. The number of nitrogens with zero attached hydrogens (tertiary/aromatic N) is 1. The highest BCUT2D eigenvalue weighted by Crippen LogP contribution is 2.20. The lowest BCUT2D eigenvalue weighted by atomic mass is 10.1. The molecule has 1 aromatic rings. The van der Waals surface area contributed by atoms with Gasteiger partial charge in [0.2, 0.25) is 5.91 Å². The molecule has 0 spiro atoms. The molecule has 1 rings (SSSR count). The number of ether oxygens (including phenoxy) is 1. The maximum absolute atomic E-state index is 12.0. The van der Waals surface area contributed by atoms with Crippen LogP contribution in [0, 0.1) is 0 Å². The Kier molecular flexibility index (Phi) is 5.20. The molecule has 0 aliphatic rings. The van der Waals surface area contributed by atoms with Crippen LogP contribution in [0.1, 0.15) is 26.3 Å². The molecule has 0 unspecified atom stereocenters. The Balaban J connectivity index is 2.65. The van der Waals surface area contributed by atoms with Crippen LogP contribution in [-0.4, -0.2) is 28.8 Å². The summed E-state index contributed by atoms with van der Waals surface area (Å²) in [5, 5.41) is 0. The molecule has 4 heteroatoms. The largest absolute Gasteiger partial charge is 0.494 e. The summed E-state index contributed by atoms with van der Waals surface area (Å²) < 4.78 is 4.86. The molecule has 1 amide bonds. The first-order valence-electron chi connectivity index (χ1n) is 6.00. The minimum Gasteiger partial charge on any atom is -0.494 e. The van der Waals surface area contributed by atoms with Gasteiger partial charge in [-0.2, -0.15) is 0 Å². The molecule has 0 aliphatic carbocycles. The molecule has 0 bridgehead atoms. The van der Waals surface area contributed by atoms with Crippen LogP contribution in [0.4, 0.5) is 0 Å². The average molecular weight is 314 g/mol. The lowest BCUT2D eigenvalue weighted by Gasteiger charge is -2.24. The number of amides is 1. The van der Waals surface area contributed by atoms with E-state index in [-0.39, 0.29) is 5.91 Å². The Morgan fingerprint density at radius 1 is 1.33 bits per heavy atom. The predicted molar refractivity (Wildman–Crippen MR) is 77.1 cm³/mol. The minimum absolute atomic E-state index is 0.0661. The van der Waals surface area contributed by atoms with E-state index in [2.05, 4.69) is 15.9 Å². The molecule has 0 fully saturated rings. The monoisotopic (exact) mass is 313 g/mol. The van der Waals surface area contributed by atoms with E-state index in [4.69, 9.17) is 4.74 Å². The van der Waals surface area contributed by atoms with E-state index in [1.165, 1.54) is 0 Å². The van der Waals surface area contributed by atoms with E-state index in [9.17, 15) is 4.79 Å². The lowest BCUT2D eigenvalue weighted by molar-refractivity contribution is -0.131. The van der Waals surface area contributed by atoms with Crippen molar-refractivity contribution in [2.45, 2.75) is 31.6 Å². The first-order chi connectivity index (χ1) is 8.34. The van der Waals surface area contributed by atoms with Crippen LogP contribution < -0.4 is 4.74 Å². The molecule has 0 aromatic heterocycles. The van der Waals surface area contributed by atoms with E-state index >= 15 is 0 Å². The van der Waals surface area contributed by atoms with Crippen molar-refractivity contribution in [1.82, 2.24) is 4.90 Å². The number of halogens is 1. The molecule has 1 aromatic carbocycles. The van der Waals surface area contributed by atoms with Gasteiger partial charge in [-0.15, -0.1) is 0 Å². The van der Waals surface area contributed by atoms with Crippen molar-refractivity contribution in [2.75, 3.05) is 13.7 Å². The number of carbonyl (C=O) groups excluding carboxylic acids is 1. The Labute approximate surface area is 117 Å². The van der Waals surface area contributed by atoms with E-state index in [1.54, 1.807) is 4.90 Å². The highest BCUT2D eigenvalue weighted by Gasteiger charge is 2.26. The molecule has 0 heterocycles. The van der Waals surface area contributed by atoms with Crippen molar-refractivity contribution in [1.29, 1.82) is 0 Å². The quantitative estimate of drug-likeness (QED) is 0.781. The highest BCUT2D eigenvalue weighted by molar-refractivity contribution is 9.10. The average Bonchev–Trinajstić information content (AvgIpc) is 2.30. The van der Waals surface area contributed by atoms with Crippen molar-refractivity contribution >= 4 is 21.8 Å². The van der Waals surface area contributed by atoms with E-state index in [1.807, 2.05) is 52.1 Å². The smallest absolute Gasteiger partial charge is 0.238 e. The van der Waals surface area contributed by atoms with Gasteiger partial charge in [0, 0.05) is 13.6 Å². The number of hydrogen-bond acceptors (Lipinski definition) is 2. The van der Waals surface area contributed by atoms with Crippen molar-refractivity contribution in [3.8, 4) is 5.75 Å². The third kappa shape index (κ3) is 4.33. The molecule has 3 nitrogen and oxygen atoms in total. The van der Waals surface area contributed by atoms with Gasteiger partial charge in [0.1, 0.15) is 5.75 Å². The van der Waals surface area contributed by atoms with Crippen LogP contribution in [0.25, 0.3) is 0 Å². The van der Waals surface area contributed by atoms with Gasteiger partial charge in [0.15, 0.2) is 0 Å². The molecule has 18 heavy (non-hydrogen) atoms. The molecule has 0 aliphatic heterocycles. The fraction of sp³-hybridized carbons (Fsp3) is 0.500. The van der Waals surface area contributed by atoms with Crippen LogP contribution in [-0.2, 0) is 11.3 Å². The van der Waals surface area contributed by atoms with Crippen LogP contribution >= 0.6 is 15.9 Å². The maximum atomic E-state index is 12.0. The van der Waals surface area contributed by atoms with Gasteiger partial charge in [-0.3, -0.25) is 4.79 Å². The number of hydrogen-bond donors (Lipinski definition) is 0. The van der Waals surface area contributed by atoms with Crippen molar-refractivity contribution in [3.63, 3.8) is 0 Å². The van der Waals surface area contributed by atoms with Gasteiger partial charge >= 0.3 is 0 Å². The molecule has 0 saturated heterocycles. The van der Waals surface area contributed by atoms with Crippen LogP contribution in [0.2, 0.25) is 0 Å². The van der Waals surface area contributed by atoms with E-state index in [0.717, 1.165) is 11.3 Å². The summed E-state index contributed by atoms with van der Waals surface area (Å²) in [6, 6.07) is 7.82. The summed E-state index contributed by atoms with van der Waals surface area (Å²) in [5.41, 5.74) is 1.09.